The number of hydrogen-bond donors (Lipinski definition) is 1. The molecule has 1 N–H and O–H groups in total. The number of amides is 1. The standard InChI is InChI=1S/C17H21N3O3/c1-5-23-17(22)14(8-18)9-19-10-15(21)20-16-12(3)6-11(2)7-13(16)4/h6-7,9,14H,5,10H2,1-4H3,(H,20,21)/t14-/m0/s1. The van der Waals surface area contributed by atoms with Gasteiger partial charge in [-0.05, 0) is 38.8 Å². The number of nitrogens with one attached hydrogen (secondary N) is 1. The number of rotatable bonds is 6. The number of hydrogen-bond acceptors (Lipinski definition) is 5. The van der Waals surface area contributed by atoms with E-state index in [0.29, 0.717) is 0 Å². The lowest BCUT2D eigenvalue weighted by Gasteiger charge is -2.12. The van der Waals surface area contributed by atoms with Gasteiger partial charge in [0.25, 0.3) is 0 Å². The van der Waals surface area contributed by atoms with E-state index in [4.69, 9.17) is 10.00 Å². The van der Waals surface area contributed by atoms with Crippen molar-refractivity contribution in [3.05, 3.63) is 28.8 Å². The molecule has 6 nitrogen and oxygen atoms in total. The van der Waals surface area contributed by atoms with Gasteiger partial charge < -0.3 is 10.1 Å². The third-order valence-electron chi connectivity index (χ3n) is 3.11. The fraction of sp³-hybridized carbons (Fsp3) is 0.412. The molecule has 0 saturated heterocycles. The number of carbonyl (C=O) groups is 2. The highest BCUT2D eigenvalue weighted by Gasteiger charge is 2.16. The van der Waals surface area contributed by atoms with Crippen molar-refractivity contribution in [2.24, 2.45) is 10.9 Å². The molecule has 0 radical (unpaired) electrons. The monoisotopic (exact) mass is 315 g/mol. The van der Waals surface area contributed by atoms with Crippen LogP contribution < -0.4 is 5.32 Å². The van der Waals surface area contributed by atoms with Crippen LogP contribution in [0.25, 0.3) is 0 Å². The lowest BCUT2D eigenvalue weighted by molar-refractivity contribution is -0.143. The summed E-state index contributed by atoms with van der Waals surface area (Å²) in [5, 5.41) is 11.7. The number of aryl methyl sites for hydroxylation is 3. The van der Waals surface area contributed by atoms with Crippen LogP contribution in [0.15, 0.2) is 17.1 Å². The maximum atomic E-state index is 11.9. The maximum absolute atomic E-state index is 11.9. The van der Waals surface area contributed by atoms with Gasteiger partial charge in [-0.25, -0.2) is 0 Å². The van der Waals surface area contributed by atoms with Gasteiger partial charge in [0.15, 0.2) is 5.92 Å². The van der Waals surface area contributed by atoms with Crippen LogP contribution >= 0.6 is 0 Å². The maximum Gasteiger partial charge on any atom is 0.328 e. The summed E-state index contributed by atoms with van der Waals surface area (Å²) in [6.07, 6.45) is 1.15. The van der Waals surface area contributed by atoms with E-state index in [1.54, 1.807) is 13.0 Å². The first kappa shape index (κ1) is 18.4. The van der Waals surface area contributed by atoms with Crippen LogP contribution in [0.4, 0.5) is 5.69 Å². The summed E-state index contributed by atoms with van der Waals surface area (Å²) in [5.41, 5.74) is 3.84. The van der Waals surface area contributed by atoms with E-state index < -0.39 is 11.9 Å². The van der Waals surface area contributed by atoms with Crippen molar-refractivity contribution in [3.8, 4) is 6.07 Å². The van der Waals surface area contributed by atoms with E-state index in [2.05, 4.69) is 10.3 Å². The SMILES string of the molecule is CCOC(=O)[C@@H](C#N)C=NCC(=O)Nc1c(C)cc(C)cc1C. The predicted octanol–water partition coefficient (Wildman–Crippen LogP) is 2.32. The quantitative estimate of drug-likeness (QED) is 0.644. The molecule has 1 rings (SSSR count). The Labute approximate surface area is 136 Å². The van der Waals surface area contributed by atoms with Crippen molar-refractivity contribution in [1.29, 1.82) is 5.26 Å². The van der Waals surface area contributed by atoms with Gasteiger partial charge in [-0.1, -0.05) is 17.7 Å². The summed E-state index contributed by atoms with van der Waals surface area (Å²) in [6.45, 7) is 7.52. The second-order valence-corrected chi connectivity index (χ2v) is 5.17. The van der Waals surface area contributed by atoms with Crippen LogP contribution in [0, 0.1) is 38.0 Å². The fourth-order valence-electron chi connectivity index (χ4n) is 2.18. The molecule has 0 unspecified atom stereocenters. The van der Waals surface area contributed by atoms with Gasteiger partial charge in [0.1, 0.15) is 6.54 Å². The number of anilines is 1. The van der Waals surface area contributed by atoms with Gasteiger partial charge in [-0.3, -0.25) is 14.6 Å². The van der Waals surface area contributed by atoms with E-state index in [-0.39, 0.29) is 19.1 Å². The van der Waals surface area contributed by atoms with Crippen molar-refractivity contribution in [2.75, 3.05) is 18.5 Å². The molecular formula is C17H21N3O3. The zero-order valence-corrected chi connectivity index (χ0v) is 13.8. The fourth-order valence-corrected chi connectivity index (χ4v) is 2.18. The molecule has 23 heavy (non-hydrogen) atoms. The average Bonchev–Trinajstić information content (AvgIpc) is 2.47. The third kappa shape index (κ3) is 5.55. The van der Waals surface area contributed by atoms with Gasteiger partial charge in [0, 0.05) is 11.9 Å². The summed E-state index contributed by atoms with van der Waals surface area (Å²) in [7, 11) is 0. The number of aliphatic imine (C=N–C) groups is 1. The highest BCUT2D eigenvalue weighted by molar-refractivity contribution is 5.96. The molecule has 1 amide bonds. The Balaban J connectivity index is 2.66. The molecule has 0 aromatic heterocycles. The number of nitrogens with zero attached hydrogens (tertiary/aromatic N) is 2. The summed E-state index contributed by atoms with van der Waals surface area (Å²) >= 11 is 0. The molecule has 1 aromatic carbocycles. The molecule has 1 aromatic rings. The summed E-state index contributed by atoms with van der Waals surface area (Å²) in [4.78, 5) is 27.2. The van der Waals surface area contributed by atoms with Gasteiger partial charge >= 0.3 is 5.97 Å². The van der Waals surface area contributed by atoms with Crippen LogP contribution in [-0.4, -0.2) is 31.2 Å². The Hall–Kier alpha value is -2.68. The molecule has 0 spiro atoms. The van der Waals surface area contributed by atoms with Gasteiger partial charge in [-0.15, -0.1) is 0 Å². The lowest BCUT2D eigenvalue weighted by Crippen LogP contribution is -2.20. The van der Waals surface area contributed by atoms with Gasteiger partial charge in [0.2, 0.25) is 5.91 Å². The molecule has 1 atom stereocenters. The Morgan fingerprint density at radius 3 is 2.48 bits per heavy atom. The Morgan fingerprint density at radius 1 is 1.35 bits per heavy atom. The van der Waals surface area contributed by atoms with E-state index >= 15 is 0 Å². The molecule has 0 aliphatic carbocycles. The Kier molecular flexibility index (Phi) is 6.94. The first-order valence-electron chi connectivity index (χ1n) is 7.33. The van der Waals surface area contributed by atoms with E-state index in [0.717, 1.165) is 28.6 Å². The van der Waals surface area contributed by atoms with Crippen molar-refractivity contribution in [2.45, 2.75) is 27.7 Å². The molecule has 0 aliphatic heterocycles. The highest BCUT2D eigenvalue weighted by Crippen LogP contribution is 2.21. The normalized spacial score (nSPS) is 11.8. The number of benzene rings is 1. The van der Waals surface area contributed by atoms with Crippen LogP contribution in [-0.2, 0) is 14.3 Å². The zero-order valence-electron chi connectivity index (χ0n) is 13.8. The summed E-state index contributed by atoms with van der Waals surface area (Å²) in [5.74, 6) is -2.06. The molecule has 0 aliphatic rings. The van der Waals surface area contributed by atoms with Gasteiger partial charge in [-0.2, -0.15) is 5.26 Å². The summed E-state index contributed by atoms with van der Waals surface area (Å²) in [6, 6.07) is 5.75. The molecule has 0 bridgehead atoms. The number of nitriles is 1. The minimum absolute atomic E-state index is 0.162. The van der Waals surface area contributed by atoms with Crippen molar-refractivity contribution < 1.29 is 14.3 Å². The van der Waals surface area contributed by atoms with Crippen molar-refractivity contribution >= 4 is 23.8 Å². The molecule has 0 heterocycles. The Morgan fingerprint density at radius 2 is 1.96 bits per heavy atom. The van der Waals surface area contributed by atoms with Crippen molar-refractivity contribution in [1.82, 2.24) is 0 Å². The molecular weight excluding hydrogens is 294 g/mol. The van der Waals surface area contributed by atoms with Crippen LogP contribution in [0.5, 0.6) is 0 Å². The third-order valence-corrected chi connectivity index (χ3v) is 3.11. The van der Waals surface area contributed by atoms with Crippen LogP contribution in [0.2, 0.25) is 0 Å². The first-order valence-corrected chi connectivity index (χ1v) is 7.33. The smallest absolute Gasteiger partial charge is 0.328 e. The van der Waals surface area contributed by atoms with Gasteiger partial charge in [0.05, 0.1) is 12.7 Å². The number of esters is 1. The first-order chi connectivity index (χ1) is 10.9. The number of ether oxygens (including phenoxy) is 1. The van der Waals surface area contributed by atoms with Crippen LogP contribution in [0.3, 0.4) is 0 Å². The second kappa shape index (κ2) is 8.69. The zero-order chi connectivity index (χ0) is 17.4. The Bertz CT molecular complexity index is 637. The minimum atomic E-state index is -1.09. The largest absolute Gasteiger partial charge is 0.465 e. The topological polar surface area (TPSA) is 91.6 Å². The lowest BCUT2D eigenvalue weighted by atomic mass is 10.1. The van der Waals surface area contributed by atoms with Crippen molar-refractivity contribution in [3.63, 3.8) is 0 Å². The molecule has 6 heteroatoms. The van der Waals surface area contributed by atoms with E-state index in [1.807, 2.05) is 32.9 Å². The molecule has 0 fully saturated rings. The molecule has 0 saturated carbocycles. The predicted molar refractivity (Wildman–Crippen MR) is 88.4 cm³/mol. The summed E-state index contributed by atoms with van der Waals surface area (Å²) < 4.78 is 4.74. The number of carbonyl (C=O) groups excluding carboxylic acids is 2. The average molecular weight is 315 g/mol. The molecule has 122 valence electrons. The van der Waals surface area contributed by atoms with Crippen LogP contribution in [0.1, 0.15) is 23.6 Å². The highest BCUT2D eigenvalue weighted by atomic mass is 16.5. The second-order valence-electron chi connectivity index (χ2n) is 5.17. The van der Waals surface area contributed by atoms with E-state index in [9.17, 15) is 9.59 Å². The van der Waals surface area contributed by atoms with E-state index in [1.165, 1.54) is 0 Å². The minimum Gasteiger partial charge on any atom is -0.465 e.